The van der Waals surface area contributed by atoms with Gasteiger partial charge in [0.05, 0.1) is 11.3 Å². The summed E-state index contributed by atoms with van der Waals surface area (Å²) in [5.74, 6) is -0.411. The molecule has 0 unspecified atom stereocenters. The second kappa shape index (κ2) is 10.1. The Morgan fingerprint density at radius 2 is 1.91 bits per heavy atom. The van der Waals surface area contributed by atoms with Gasteiger partial charge in [-0.15, -0.1) is 11.3 Å². The summed E-state index contributed by atoms with van der Waals surface area (Å²) < 4.78 is 41.4. The molecule has 1 aliphatic heterocycles. The molecule has 0 spiro atoms. The monoisotopic (exact) mass is 490 g/mol. The molecule has 3 aromatic rings. The minimum atomic E-state index is -4.60. The molecule has 1 aromatic carbocycles. The van der Waals surface area contributed by atoms with E-state index in [0.717, 1.165) is 49.3 Å². The molecular weight excluding hydrogens is 465 g/mol. The lowest BCUT2D eigenvalue weighted by Gasteiger charge is -2.31. The van der Waals surface area contributed by atoms with E-state index in [1.807, 2.05) is 6.07 Å². The lowest BCUT2D eigenvalue weighted by molar-refractivity contribution is -0.137. The Morgan fingerprint density at radius 1 is 1.18 bits per heavy atom. The van der Waals surface area contributed by atoms with Crippen molar-refractivity contribution in [1.29, 1.82) is 0 Å². The SMILES string of the molecule is Cc1cc(=O)c(C(=O)NCC2CCN(Cc3cccs3)CC2)nn1-c1ccccc1C(F)(F)F. The van der Waals surface area contributed by atoms with E-state index in [4.69, 9.17) is 0 Å². The topological polar surface area (TPSA) is 67.2 Å². The Morgan fingerprint density at radius 3 is 2.59 bits per heavy atom. The molecule has 0 bridgehead atoms. The van der Waals surface area contributed by atoms with E-state index in [0.29, 0.717) is 6.54 Å². The maximum Gasteiger partial charge on any atom is 0.418 e. The van der Waals surface area contributed by atoms with Crippen molar-refractivity contribution in [3.63, 3.8) is 0 Å². The molecule has 1 fully saturated rings. The van der Waals surface area contributed by atoms with Gasteiger partial charge in [-0.2, -0.15) is 18.3 Å². The van der Waals surface area contributed by atoms with E-state index < -0.39 is 28.8 Å². The van der Waals surface area contributed by atoms with Crippen LogP contribution in [-0.4, -0.2) is 40.2 Å². The van der Waals surface area contributed by atoms with Gasteiger partial charge in [-0.3, -0.25) is 14.5 Å². The average molecular weight is 491 g/mol. The van der Waals surface area contributed by atoms with Gasteiger partial charge in [0.1, 0.15) is 0 Å². The first kappa shape index (κ1) is 24.2. The second-order valence-electron chi connectivity index (χ2n) is 8.43. The van der Waals surface area contributed by atoms with Crippen molar-refractivity contribution < 1.29 is 18.0 Å². The fraction of sp³-hybridized carbons (Fsp3) is 0.375. The molecule has 6 nitrogen and oxygen atoms in total. The first-order chi connectivity index (χ1) is 16.2. The maximum absolute atomic E-state index is 13.5. The summed E-state index contributed by atoms with van der Waals surface area (Å²) in [6.45, 7) is 4.63. The van der Waals surface area contributed by atoms with Crippen molar-refractivity contribution in [3.05, 3.63) is 79.9 Å². The number of piperidine rings is 1. The number of para-hydroxylation sites is 1. The molecule has 0 atom stereocenters. The number of thiophene rings is 1. The molecule has 0 aliphatic carbocycles. The molecule has 2 aromatic heterocycles. The highest BCUT2D eigenvalue weighted by Gasteiger charge is 2.34. The van der Waals surface area contributed by atoms with E-state index in [9.17, 15) is 22.8 Å². The van der Waals surface area contributed by atoms with Crippen LogP contribution in [0.1, 0.15) is 39.5 Å². The fourth-order valence-electron chi connectivity index (χ4n) is 4.14. The average Bonchev–Trinajstić information content (AvgIpc) is 3.31. The van der Waals surface area contributed by atoms with Gasteiger partial charge in [0.2, 0.25) is 5.43 Å². The molecule has 1 amide bonds. The number of halogens is 3. The lowest BCUT2D eigenvalue weighted by Crippen LogP contribution is -2.39. The predicted octanol–water partition coefficient (Wildman–Crippen LogP) is 4.26. The molecule has 3 heterocycles. The summed E-state index contributed by atoms with van der Waals surface area (Å²) in [6.07, 6.45) is -2.78. The Balaban J connectivity index is 1.43. The first-order valence-electron chi connectivity index (χ1n) is 11.0. The highest BCUT2D eigenvalue weighted by Crippen LogP contribution is 2.33. The van der Waals surface area contributed by atoms with Crippen LogP contribution in [0.3, 0.4) is 0 Å². The lowest BCUT2D eigenvalue weighted by atomic mass is 9.96. The number of likely N-dealkylation sites (tertiary alicyclic amines) is 1. The molecule has 180 valence electrons. The van der Waals surface area contributed by atoms with Gasteiger partial charge in [0, 0.05) is 29.7 Å². The van der Waals surface area contributed by atoms with Gasteiger partial charge in [-0.05, 0) is 62.4 Å². The Hall–Kier alpha value is -2.98. The van der Waals surface area contributed by atoms with E-state index in [-0.39, 0.29) is 17.3 Å². The number of benzene rings is 1. The predicted molar refractivity (Wildman–Crippen MR) is 124 cm³/mol. The normalized spacial score (nSPS) is 15.4. The zero-order valence-electron chi connectivity index (χ0n) is 18.6. The molecule has 1 aliphatic rings. The van der Waals surface area contributed by atoms with Crippen molar-refractivity contribution in [3.8, 4) is 5.69 Å². The molecule has 1 saturated heterocycles. The zero-order chi connectivity index (χ0) is 24.3. The summed E-state index contributed by atoms with van der Waals surface area (Å²) in [4.78, 5) is 28.9. The third-order valence-electron chi connectivity index (χ3n) is 5.98. The number of carbonyl (C=O) groups is 1. The van der Waals surface area contributed by atoms with Crippen molar-refractivity contribution in [2.45, 2.75) is 32.5 Å². The number of amides is 1. The number of aryl methyl sites for hydroxylation is 1. The largest absolute Gasteiger partial charge is 0.418 e. The molecule has 0 radical (unpaired) electrons. The van der Waals surface area contributed by atoms with Crippen LogP contribution in [0.2, 0.25) is 0 Å². The number of hydrogen-bond donors (Lipinski definition) is 1. The van der Waals surface area contributed by atoms with Crippen LogP contribution in [0.5, 0.6) is 0 Å². The number of aromatic nitrogens is 2. The van der Waals surface area contributed by atoms with E-state index in [1.54, 1.807) is 11.3 Å². The Bertz CT molecular complexity index is 1200. The number of carbonyl (C=O) groups excluding carboxylic acids is 1. The van der Waals surface area contributed by atoms with Crippen LogP contribution < -0.4 is 10.7 Å². The summed E-state index contributed by atoms with van der Waals surface area (Å²) >= 11 is 1.73. The van der Waals surface area contributed by atoms with Crippen LogP contribution in [0.15, 0.2) is 52.6 Å². The molecule has 34 heavy (non-hydrogen) atoms. The highest BCUT2D eigenvalue weighted by atomic mass is 32.1. The van der Waals surface area contributed by atoms with Crippen LogP contribution >= 0.6 is 11.3 Å². The summed E-state index contributed by atoms with van der Waals surface area (Å²) in [5.41, 5.74) is -1.97. The molecule has 1 N–H and O–H groups in total. The number of nitrogens with zero attached hydrogens (tertiary/aromatic N) is 3. The molecule has 10 heteroatoms. The van der Waals surface area contributed by atoms with Crippen molar-refractivity contribution in [2.24, 2.45) is 5.92 Å². The smallest absolute Gasteiger partial charge is 0.350 e. The number of hydrogen-bond acceptors (Lipinski definition) is 5. The second-order valence-corrected chi connectivity index (χ2v) is 9.47. The van der Waals surface area contributed by atoms with Crippen LogP contribution in [0.4, 0.5) is 13.2 Å². The summed E-state index contributed by atoms with van der Waals surface area (Å²) in [5, 5.41) is 8.84. The third-order valence-corrected chi connectivity index (χ3v) is 6.84. The standard InChI is InChI=1S/C24H25F3N4O2S/c1-16-13-21(32)22(29-31(16)20-7-3-2-6-19(20)24(25,26)27)23(33)28-14-17-8-10-30(11-9-17)15-18-5-4-12-34-18/h2-7,12-13,17H,8-11,14-15H2,1H3,(H,28,33). The summed E-state index contributed by atoms with van der Waals surface area (Å²) in [6, 6.07) is 10.2. The van der Waals surface area contributed by atoms with Gasteiger partial charge in [0.15, 0.2) is 5.69 Å². The van der Waals surface area contributed by atoms with E-state index in [2.05, 4.69) is 26.8 Å². The van der Waals surface area contributed by atoms with E-state index >= 15 is 0 Å². The minimum absolute atomic E-state index is 0.205. The minimum Gasteiger partial charge on any atom is -0.350 e. The van der Waals surface area contributed by atoms with Crippen molar-refractivity contribution >= 4 is 17.2 Å². The van der Waals surface area contributed by atoms with Gasteiger partial charge in [-0.25, -0.2) is 4.68 Å². The van der Waals surface area contributed by atoms with Gasteiger partial charge >= 0.3 is 6.18 Å². The highest BCUT2D eigenvalue weighted by molar-refractivity contribution is 7.09. The number of nitrogens with one attached hydrogen (secondary N) is 1. The summed E-state index contributed by atoms with van der Waals surface area (Å²) in [7, 11) is 0. The van der Waals surface area contributed by atoms with Crippen LogP contribution in [-0.2, 0) is 12.7 Å². The van der Waals surface area contributed by atoms with Gasteiger partial charge < -0.3 is 5.32 Å². The maximum atomic E-state index is 13.5. The molecular formula is C24H25F3N4O2S. The van der Waals surface area contributed by atoms with Gasteiger partial charge in [0.25, 0.3) is 5.91 Å². The van der Waals surface area contributed by atoms with Gasteiger partial charge in [-0.1, -0.05) is 18.2 Å². The van der Waals surface area contributed by atoms with E-state index in [1.165, 1.54) is 30.0 Å². The van der Waals surface area contributed by atoms with Crippen molar-refractivity contribution in [1.82, 2.24) is 20.0 Å². The number of rotatable bonds is 6. The Labute approximate surface area is 199 Å². The van der Waals surface area contributed by atoms with Crippen LogP contribution in [0, 0.1) is 12.8 Å². The fourth-order valence-corrected chi connectivity index (χ4v) is 4.89. The van der Waals surface area contributed by atoms with Crippen molar-refractivity contribution in [2.75, 3.05) is 19.6 Å². The zero-order valence-corrected chi connectivity index (χ0v) is 19.5. The molecule has 4 rings (SSSR count). The third kappa shape index (κ3) is 5.56. The Kier molecular flexibility index (Phi) is 7.18. The van der Waals surface area contributed by atoms with Crippen LogP contribution in [0.25, 0.3) is 5.69 Å². The first-order valence-corrected chi connectivity index (χ1v) is 11.9. The quantitative estimate of drug-likeness (QED) is 0.561. The number of alkyl halides is 3. The molecule has 0 saturated carbocycles.